The molecule has 0 radical (unpaired) electrons. The maximum Gasteiger partial charge on any atom is 0.332 e. The van der Waals surface area contributed by atoms with Crippen molar-refractivity contribution in [3.63, 3.8) is 0 Å². The van der Waals surface area contributed by atoms with Gasteiger partial charge in [-0.2, -0.15) is 0 Å². The number of benzene rings is 1. The molecule has 1 fully saturated rings. The van der Waals surface area contributed by atoms with E-state index < -0.39 is 33.9 Å². The zero-order chi connectivity index (χ0) is 15.6. The predicted octanol–water partition coefficient (Wildman–Crippen LogP) is 0.661. The molecule has 0 aromatic heterocycles. The van der Waals surface area contributed by atoms with Crippen LogP contribution in [0.15, 0.2) is 29.2 Å². The molecule has 8 heteroatoms. The molecule has 0 bridgehead atoms. The van der Waals surface area contributed by atoms with E-state index in [1.807, 2.05) is 0 Å². The van der Waals surface area contributed by atoms with Crippen LogP contribution < -0.4 is 5.32 Å². The minimum Gasteiger partial charge on any atom is -0.479 e. The summed E-state index contributed by atoms with van der Waals surface area (Å²) in [5, 5.41) is 11.4. The standard InChI is InChI=1S/C13H15NO6S/c1-21(18,19)9-4-2-8(3-5-9)14-12(15)10-6-7-11(20-10)13(16)17/h2-5,10-11H,6-7H2,1H3,(H,14,15)(H,16,17)/t10-,11+/m0/s1. The number of hydrogen-bond donors (Lipinski definition) is 2. The summed E-state index contributed by atoms with van der Waals surface area (Å²) < 4.78 is 27.8. The fourth-order valence-electron chi connectivity index (χ4n) is 2.02. The van der Waals surface area contributed by atoms with E-state index >= 15 is 0 Å². The predicted molar refractivity (Wildman–Crippen MR) is 73.7 cm³/mol. The van der Waals surface area contributed by atoms with Gasteiger partial charge in [-0.3, -0.25) is 4.79 Å². The number of nitrogens with one attached hydrogen (secondary N) is 1. The van der Waals surface area contributed by atoms with Crippen LogP contribution in [0.5, 0.6) is 0 Å². The van der Waals surface area contributed by atoms with Crippen LogP contribution in [0.1, 0.15) is 12.8 Å². The highest BCUT2D eigenvalue weighted by molar-refractivity contribution is 7.90. The van der Waals surface area contributed by atoms with Crippen LogP contribution >= 0.6 is 0 Å². The quantitative estimate of drug-likeness (QED) is 0.845. The first-order valence-corrected chi connectivity index (χ1v) is 8.16. The van der Waals surface area contributed by atoms with Gasteiger partial charge in [-0.15, -0.1) is 0 Å². The summed E-state index contributed by atoms with van der Waals surface area (Å²) >= 11 is 0. The Morgan fingerprint density at radius 1 is 1.19 bits per heavy atom. The van der Waals surface area contributed by atoms with Crippen molar-refractivity contribution in [3.8, 4) is 0 Å². The number of rotatable bonds is 4. The third-order valence-corrected chi connectivity index (χ3v) is 4.27. The molecule has 21 heavy (non-hydrogen) atoms. The Morgan fingerprint density at radius 3 is 2.24 bits per heavy atom. The Morgan fingerprint density at radius 2 is 1.76 bits per heavy atom. The maximum absolute atomic E-state index is 11.9. The van der Waals surface area contributed by atoms with E-state index in [0.717, 1.165) is 6.26 Å². The van der Waals surface area contributed by atoms with Crippen LogP contribution in [0.4, 0.5) is 5.69 Å². The van der Waals surface area contributed by atoms with Gasteiger partial charge in [0.05, 0.1) is 4.90 Å². The molecule has 0 spiro atoms. The van der Waals surface area contributed by atoms with Crippen molar-refractivity contribution >= 4 is 27.4 Å². The number of carbonyl (C=O) groups is 2. The SMILES string of the molecule is CS(=O)(=O)c1ccc(NC(=O)[C@@H]2CC[C@H](C(=O)O)O2)cc1. The number of amides is 1. The number of hydrogen-bond acceptors (Lipinski definition) is 5. The lowest BCUT2D eigenvalue weighted by Gasteiger charge is -2.12. The normalized spacial score (nSPS) is 22.0. The highest BCUT2D eigenvalue weighted by Gasteiger charge is 2.34. The number of carboxylic acids is 1. The maximum atomic E-state index is 11.9. The molecule has 1 aliphatic heterocycles. The zero-order valence-electron chi connectivity index (χ0n) is 11.3. The van der Waals surface area contributed by atoms with Gasteiger partial charge in [0.1, 0.15) is 6.10 Å². The van der Waals surface area contributed by atoms with Crippen LogP contribution in [0.3, 0.4) is 0 Å². The summed E-state index contributed by atoms with van der Waals surface area (Å²) in [7, 11) is -3.28. The van der Waals surface area contributed by atoms with E-state index in [-0.39, 0.29) is 4.90 Å². The molecule has 0 unspecified atom stereocenters. The van der Waals surface area contributed by atoms with Crippen molar-refractivity contribution < 1.29 is 27.9 Å². The monoisotopic (exact) mass is 313 g/mol. The van der Waals surface area contributed by atoms with Crippen molar-refractivity contribution in [1.29, 1.82) is 0 Å². The molecule has 2 rings (SSSR count). The van der Waals surface area contributed by atoms with Gasteiger partial charge in [-0.25, -0.2) is 13.2 Å². The first kappa shape index (κ1) is 15.5. The first-order valence-electron chi connectivity index (χ1n) is 6.26. The number of carbonyl (C=O) groups excluding carboxylic acids is 1. The van der Waals surface area contributed by atoms with Crippen LogP contribution in [0.2, 0.25) is 0 Å². The third kappa shape index (κ3) is 3.79. The molecule has 1 heterocycles. The molecule has 0 aliphatic carbocycles. The van der Waals surface area contributed by atoms with Gasteiger partial charge in [-0.1, -0.05) is 0 Å². The molecule has 114 valence electrons. The van der Waals surface area contributed by atoms with Crippen molar-refractivity contribution in [3.05, 3.63) is 24.3 Å². The average Bonchev–Trinajstić information content (AvgIpc) is 2.88. The summed E-state index contributed by atoms with van der Waals surface area (Å²) in [6.07, 6.45) is -0.0297. The van der Waals surface area contributed by atoms with Crippen LogP contribution in [0, 0.1) is 0 Å². The summed E-state index contributed by atoms with van der Waals surface area (Å²) in [5.41, 5.74) is 0.426. The van der Waals surface area contributed by atoms with Gasteiger partial charge in [0.25, 0.3) is 5.91 Å². The van der Waals surface area contributed by atoms with Gasteiger partial charge < -0.3 is 15.2 Å². The van der Waals surface area contributed by atoms with Crippen LogP contribution in [-0.4, -0.2) is 43.9 Å². The highest BCUT2D eigenvalue weighted by Crippen LogP contribution is 2.22. The Kier molecular flexibility index (Phi) is 4.29. The molecule has 1 aromatic rings. The van der Waals surface area contributed by atoms with Gasteiger partial charge in [-0.05, 0) is 37.1 Å². The molecule has 7 nitrogen and oxygen atoms in total. The average molecular weight is 313 g/mol. The second-order valence-electron chi connectivity index (χ2n) is 4.81. The van der Waals surface area contributed by atoms with Crippen LogP contribution in [0.25, 0.3) is 0 Å². The van der Waals surface area contributed by atoms with Gasteiger partial charge in [0, 0.05) is 11.9 Å². The minimum atomic E-state index is -3.28. The number of aliphatic carboxylic acids is 1. The molecule has 1 aromatic carbocycles. The topological polar surface area (TPSA) is 110 Å². The Balaban J connectivity index is 1.99. The van der Waals surface area contributed by atoms with Crippen molar-refractivity contribution in [1.82, 2.24) is 0 Å². The Labute approximate surface area is 121 Å². The number of anilines is 1. The number of sulfone groups is 1. The van der Waals surface area contributed by atoms with Crippen LogP contribution in [-0.2, 0) is 24.2 Å². The van der Waals surface area contributed by atoms with Gasteiger partial charge in [0.2, 0.25) is 0 Å². The molecular formula is C13H15NO6S. The molecule has 1 amide bonds. The molecule has 0 saturated carbocycles. The molecule has 1 aliphatic rings. The van der Waals surface area contributed by atoms with E-state index in [1.165, 1.54) is 24.3 Å². The summed E-state index contributed by atoms with van der Waals surface area (Å²) in [5.74, 6) is -1.52. The lowest BCUT2D eigenvalue weighted by molar-refractivity contribution is -0.150. The molecular weight excluding hydrogens is 298 g/mol. The van der Waals surface area contributed by atoms with Gasteiger partial charge >= 0.3 is 5.97 Å². The summed E-state index contributed by atoms with van der Waals surface area (Å²) in [6, 6.07) is 5.72. The number of ether oxygens (including phenoxy) is 1. The molecule has 2 N–H and O–H groups in total. The van der Waals surface area contributed by atoms with E-state index in [9.17, 15) is 18.0 Å². The fraction of sp³-hybridized carbons (Fsp3) is 0.385. The molecule has 1 saturated heterocycles. The first-order chi connectivity index (χ1) is 9.77. The van der Waals surface area contributed by atoms with E-state index in [0.29, 0.717) is 18.5 Å². The largest absolute Gasteiger partial charge is 0.479 e. The van der Waals surface area contributed by atoms with E-state index in [2.05, 4.69) is 5.32 Å². The second kappa shape index (κ2) is 5.82. The van der Waals surface area contributed by atoms with Crippen molar-refractivity contribution in [2.75, 3.05) is 11.6 Å². The lowest BCUT2D eigenvalue weighted by atomic mass is 10.2. The van der Waals surface area contributed by atoms with E-state index in [4.69, 9.17) is 9.84 Å². The Bertz CT molecular complexity index is 652. The smallest absolute Gasteiger partial charge is 0.332 e. The second-order valence-corrected chi connectivity index (χ2v) is 6.83. The lowest BCUT2D eigenvalue weighted by Crippen LogP contribution is -2.29. The summed E-state index contributed by atoms with van der Waals surface area (Å²) in [4.78, 5) is 22.8. The van der Waals surface area contributed by atoms with E-state index in [1.54, 1.807) is 0 Å². The van der Waals surface area contributed by atoms with Crippen molar-refractivity contribution in [2.45, 2.75) is 29.9 Å². The summed E-state index contributed by atoms with van der Waals surface area (Å²) in [6.45, 7) is 0. The highest BCUT2D eigenvalue weighted by atomic mass is 32.2. The third-order valence-electron chi connectivity index (χ3n) is 3.14. The number of carboxylic acid groups (broad SMARTS) is 1. The van der Waals surface area contributed by atoms with Crippen molar-refractivity contribution in [2.24, 2.45) is 0 Å². The van der Waals surface area contributed by atoms with Gasteiger partial charge in [0.15, 0.2) is 15.9 Å². The minimum absolute atomic E-state index is 0.156. The Hall–Kier alpha value is -1.93. The molecule has 2 atom stereocenters. The fourth-order valence-corrected chi connectivity index (χ4v) is 2.65. The zero-order valence-corrected chi connectivity index (χ0v) is 12.1.